The zero-order valence-corrected chi connectivity index (χ0v) is 16.6. The molecule has 5 heteroatoms. The summed E-state index contributed by atoms with van der Waals surface area (Å²) in [5, 5.41) is 6.19. The molecule has 1 aliphatic rings. The maximum Gasteiger partial charge on any atom is 0.255 e. The van der Waals surface area contributed by atoms with Gasteiger partial charge in [0.25, 0.3) is 5.91 Å². The minimum atomic E-state index is -0.156. The van der Waals surface area contributed by atoms with Crippen LogP contribution in [0.15, 0.2) is 72.9 Å². The van der Waals surface area contributed by atoms with E-state index >= 15 is 0 Å². The molecule has 29 heavy (non-hydrogen) atoms. The number of piperidine rings is 1. The summed E-state index contributed by atoms with van der Waals surface area (Å²) in [7, 11) is 0. The molecule has 2 aromatic carbocycles. The zero-order valence-electron chi connectivity index (χ0n) is 16.6. The van der Waals surface area contributed by atoms with Gasteiger partial charge in [-0.05, 0) is 67.3 Å². The maximum atomic E-state index is 12.5. The van der Waals surface area contributed by atoms with Crippen LogP contribution in [0.2, 0.25) is 0 Å². The third-order valence-electron chi connectivity index (χ3n) is 5.34. The average Bonchev–Trinajstić information content (AvgIpc) is 2.76. The summed E-state index contributed by atoms with van der Waals surface area (Å²) in [6.45, 7) is 4.56. The van der Waals surface area contributed by atoms with Crippen molar-refractivity contribution in [3.63, 3.8) is 0 Å². The molecule has 0 spiro atoms. The SMILES string of the molecule is CC1CCN(c2ccc(Nc3cc(C(=O)Nc4ccccc4)ccn3)cc2)CC1. The van der Waals surface area contributed by atoms with Crippen molar-refractivity contribution in [3.05, 3.63) is 78.5 Å². The van der Waals surface area contributed by atoms with E-state index in [4.69, 9.17) is 0 Å². The van der Waals surface area contributed by atoms with Crippen LogP contribution in [0.25, 0.3) is 0 Å². The summed E-state index contributed by atoms with van der Waals surface area (Å²) in [4.78, 5) is 19.3. The summed E-state index contributed by atoms with van der Waals surface area (Å²) in [5.41, 5.74) is 3.54. The molecule has 1 aromatic heterocycles. The second kappa shape index (κ2) is 8.78. The number of anilines is 4. The average molecular weight is 386 g/mol. The number of nitrogens with one attached hydrogen (secondary N) is 2. The van der Waals surface area contributed by atoms with Crippen molar-refractivity contribution in [1.82, 2.24) is 4.98 Å². The van der Waals surface area contributed by atoms with Gasteiger partial charge in [0.1, 0.15) is 5.82 Å². The number of benzene rings is 2. The quantitative estimate of drug-likeness (QED) is 0.624. The molecule has 0 bridgehead atoms. The minimum Gasteiger partial charge on any atom is -0.372 e. The van der Waals surface area contributed by atoms with Gasteiger partial charge in [0.05, 0.1) is 0 Å². The van der Waals surface area contributed by atoms with Crippen LogP contribution in [0.5, 0.6) is 0 Å². The van der Waals surface area contributed by atoms with Gasteiger partial charge in [-0.1, -0.05) is 25.1 Å². The van der Waals surface area contributed by atoms with E-state index in [0.717, 1.165) is 30.4 Å². The molecule has 1 saturated heterocycles. The van der Waals surface area contributed by atoms with E-state index in [1.165, 1.54) is 18.5 Å². The fraction of sp³-hybridized carbons (Fsp3) is 0.250. The highest BCUT2D eigenvalue weighted by Crippen LogP contribution is 2.25. The van der Waals surface area contributed by atoms with Gasteiger partial charge in [0.2, 0.25) is 0 Å². The van der Waals surface area contributed by atoms with Crippen molar-refractivity contribution in [3.8, 4) is 0 Å². The van der Waals surface area contributed by atoms with Gasteiger partial charge in [-0.15, -0.1) is 0 Å². The number of carbonyl (C=O) groups excluding carboxylic acids is 1. The Labute approximate surface area is 171 Å². The standard InChI is InChI=1S/C24H26N4O/c1-18-12-15-28(16-13-18)22-9-7-21(8-10-22)26-23-17-19(11-14-25-23)24(29)27-20-5-3-2-4-6-20/h2-11,14,17-18H,12-13,15-16H2,1H3,(H,25,26)(H,27,29). The fourth-order valence-corrected chi connectivity index (χ4v) is 3.54. The Kier molecular flexibility index (Phi) is 5.75. The van der Waals surface area contributed by atoms with Gasteiger partial charge in [0.15, 0.2) is 0 Å². The first-order valence-electron chi connectivity index (χ1n) is 10.1. The second-order valence-corrected chi connectivity index (χ2v) is 7.59. The molecule has 148 valence electrons. The number of hydrogen-bond donors (Lipinski definition) is 2. The van der Waals surface area contributed by atoms with Crippen LogP contribution in [-0.4, -0.2) is 24.0 Å². The maximum absolute atomic E-state index is 12.5. The molecule has 0 unspecified atom stereocenters. The number of rotatable bonds is 5. The third-order valence-corrected chi connectivity index (χ3v) is 5.34. The van der Waals surface area contributed by atoms with Crippen molar-refractivity contribution < 1.29 is 4.79 Å². The number of carbonyl (C=O) groups is 1. The number of aromatic nitrogens is 1. The zero-order chi connectivity index (χ0) is 20.1. The normalized spacial score (nSPS) is 14.4. The van der Waals surface area contributed by atoms with Gasteiger partial charge < -0.3 is 15.5 Å². The van der Waals surface area contributed by atoms with Crippen LogP contribution in [0, 0.1) is 5.92 Å². The largest absolute Gasteiger partial charge is 0.372 e. The van der Waals surface area contributed by atoms with E-state index in [9.17, 15) is 4.79 Å². The summed E-state index contributed by atoms with van der Waals surface area (Å²) in [5.74, 6) is 1.31. The van der Waals surface area contributed by atoms with E-state index < -0.39 is 0 Å². The van der Waals surface area contributed by atoms with Gasteiger partial charge in [0, 0.05) is 41.9 Å². The van der Waals surface area contributed by atoms with Crippen LogP contribution in [-0.2, 0) is 0 Å². The first-order chi connectivity index (χ1) is 14.2. The van der Waals surface area contributed by atoms with E-state index in [-0.39, 0.29) is 5.91 Å². The van der Waals surface area contributed by atoms with E-state index in [0.29, 0.717) is 11.4 Å². The third kappa shape index (κ3) is 4.93. The Morgan fingerprint density at radius 1 is 0.966 bits per heavy atom. The molecule has 0 atom stereocenters. The van der Waals surface area contributed by atoms with E-state index in [1.54, 1.807) is 18.3 Å². The summed E-state index contributed by atoms with van der Waals surface area (Å²) in [6, 6.07) is 21.3. The summed E-state index contributed by atoms with van der Waals surface area (Å²) >= 11 is 0. The Balaban J connectivity index is 1.40. The lowest BCUT2D eigenvalue weighted by atomic mass is 9.99. The highest BCUT2D eigenvalue weighted by Gasteiger charge is 2.15. The van der Waals surface area contributed by atoms with Gasteiger partial charge in [-0.25, -0.2) is 4.98 Å². The number of pyridine rings is 1. The van der Waals surface area contributed by atoms with Crippen LogP contribution in [0.1, 0.15) is 30.1 Å². The summed E-state index contributed by atoms with van der Waals surface area (Å²) < 4.78 is 0. The molecule has 5 nitrogen and oxygen atoms in total. The number of hydrogen-bond acceptors (Lipinski definition) is 4. The minimum absolute atomic E-state index is 0.156. The topological polar surface area (TPSA) is 57.3 Å². The first kappa shape index (κ1) is 19.0. The van der Waals surface area contributed by atoms with Crippen molar-refractivity contribution in [1.29, 1.82) is 0 Å². The number of amides is 1. The molecule has 0 saturated carbocycles. The highest BCUT2D eigenvalue weighted by atomic mass is 16.1. The Morgan fingerprint density at radius 3 is 2.41 bits per heavy atom. The van der Waals surface area contributed by atoms with Crippen LogP contribution in [0.4, 0.5) is 22.9 Å². The van der Waals surface area contributed by atoms with Crippen molar-refractivity contribution in [2.45, 2.75) is 19.8 Å². The van der Waals surface area contributed by atoms with E-state index in [1.807, 2.05) is 30.3 Å². The monoisotopic (exact) mass is 386 g/mol. The molecule has 3 aromatic rings. The predicted molar refractivity (Wildman–Crippen MR) is 119 cm³/mol. The fourth-order valence-electron chi connectivity index (χ4n) is 3.54. The van der Waals surface area contributed by atoms with Crippen LogP contribution in [0.3, 0.4) is 0 Å². The van der Waals surface area contributed by atoms with E-state index in [2.05, 4.69) is 51.7 Å². The highest BCUT2D eigenvalue weighted by molar-refractivity contribution is 6.04. The lowest BCUT2D eigenvalue weighted by Crippen LogP contribution is -2.32. The molecular formula is C24H26N4O. The number of nitrogens with zero attached hydrogens (tertiary/aromatic N) is 2. The molecule has 1 fully saturated rings. The Morgan fingerprint density at radius 2 is 1.69 bits per heavy atom. The van der Waals surface area contributed by atoms with Gasteiger partial charge >= 0.3 is 0 Å². The second-order valence-electron chi connectivity index (χ2n) is 7.59. The first-order valence-corrected chi connectivity index (χ1v) is 10.1. The van der Waals surface area contributed by atoms with Crippen molar-refractivity contribution in [2.75, 3.05) is 28.6 Å². The summed E-state index contributed by atoms with van der Waals surface area (Å²) in [6.07, 6.45) is 4.15. The molecule has 0 radical (unpaired) electrons. The molecule has 1 amide bonds. The van der Waals surface area contributed by atoms with Gasteiger partial charge in [-0.2, -0.15) is 0 Å². The molecule has 2 N–H and O–H groups in total. The molecular weight excluding hydrogens is 360 g/mol. The van der Waals surface area contributed by atoms with Crippen LogP contribution < -0.4 is 15.5 Å². The molecule has 0 aliphatic carbocycles. The predicted octanol–water partition coefficient (Wildman–Crippen LogP) is 5.31. The van der Waals surface area contributed by atoms with Crippen LogP contribution >= 0.6 is 0 Å². The number of para-hydroxylation sites is 1. The van der Waals surface area contributed by atoms with Crippen molar-refractivity contribution >= 4 is 28.8 Å². The lowest BCUT2D eigenvalue weighted by molar-refractivity contribution is 0.102. The molecule has 4 rings (SSSR count). The Bertz CT molecular complexity index is 948. The molecule has 2 heterocycles. The van der Waals surface area contributed by atoms with Gasteiger partial charge in [-0.3, -0.25) is 4.79 Å². The lowest BCUT2D eigenvalue weighted by Gasteiger charge is -2.32. The molecule has 1 aliphatic heterocycles. The smallest absolute Gasteiger partial charge is 0.255 e. The van der Waals surface area contributed by atoms with Crippen molar-refractivity contribution in [2.24, 2.45) is 5.92 Å². The Hall–Kier alpha value is -3.34.